The molecule has 0 aliphatic heterocycles. The van der Waals surface area contributed by atoms with Crippen LogP contribution in [0.15, 0.2) is 40.9 Å². The van der Waals surface area contributed by atoms with Crippen LogP contribution in [-0.4, -0.2) is 19.7 Å². The van der Waals surface area contributed by atoms with Gasteiger partial charge in [-0.05, 0) is 41.5 Å². The minimum atomic E-state index is -0.202. The van der Waals surface area contributed by atoms with Gasteiger partial charge in [-0.25, -0.2) is 0 Å². The van der Waals surface area contributed by atoms with E-state index in [0.29, 0.717) is 19.4 Å². The van der Waals surface area contributed by atoms with Crippen LogP contribution in [0.3, 0.4) is 0 Å². The monoisotopic (exact) mass is 322 g/mol. The van der Waals surface area contributed by atoms with E-state index in [9.17, 15) is 4.79 Å². The Morgan fingerprint density at radius 1 is 1.16 bits per heavy atom. The number of benzene rings is 2. The lowest BCUT2D eigenvalue weighted by atomic mass is 10.1. The van der Waals surface area contributed by atoms with Crippen LogP contribution < -0.4 is 4.74 Å². The molecule has 19 heavy (non-hydrogen) atoms. The zero-order valence-electron chi connectivity index (χ0n) is 10.7. The van der Waals surface area contributed by atoms with Gasteiger partial charge in [0.05, 0.1) is 13.7 Å². The number of fused-ring (bicyclic) bond motifs is 1. The normalized spacial score (nSPS) is 10.4. The Morgan fingerprint density at radius 3 is 2.68 bits per heavy atom. The molecule has 0 aliphatic carbocycles. The highest BCUT2D eigenvalue weighted by atomic mass is 79.9. The van der Waals surface area contributed by atoms with E-state index in [1.807, 2.05) is 30.3 Å². The van der Waals surface area contributed by atoms with Gasteiger partial charge in [0.15, 0.2) is 0 Å². The molecule has 0 aliphatic rings. The summed E-state index contributed by atoms with van der Waals surface area (Å²) in [5.41, 5.74) is 0. The second kappa shape index (κ2) is 6.57. The average molecular weight is 323 g/mol. The van der Waals surface area contributed by atoms with Gasteiger partial charge in [0.2, 0.25) is 0 Å². The molecular weight excluding hydrogens is 308 g/mol. The zero-order chi connectivity index (χ0) is 13.7. The van der Waals surface area contributed by atoms with Crippen molar-refractivity contribution >= 4 is 32.7 Å². The third kappa shape index (κ3) is 3.96. The summed E-state index contributed by atoms with van der Waals surface area (Å²) in [5.74, 6) is 0.617. The molecule has 2 rings (SSSR count). The minimum absolute atomic E-state index is 0.202. The summed E-state index contributed by atoms with van der Waals surface area (Å²) in [6, 6.07) is 12.1. The van der Waals surface area contributed by atoms with E-state index in [-0.39, 0.29) is 5.97 Å². The molecule has 0 N–H and O–H groups in total. The molecule has 0 atom stereocenters. The van der Waals surface area contributed by atoms with Crippen molar-refractivity contribution in [3.8, 4) is 5.75 Å². The Kier molecular flexibility index (Phi) is 4.80. The van der Waals surface area contributed by atoms with Crippen molar-refractivity contribution in [3.63, 3.8) is 0 Å². The van der Waals surface area contributed by atoms with Crippen LogP contribution in [0, 0.1) is 0 Å². The molecule has 0 unspecified atom stereocenters. The number of hydrogen-bond donors (Lipinski definition) is 0. The van der Waals surface area contributed by atoms with E-state index < -0.39 is 0 Å². The first-order valence-electron chi connectivity index (χ1n) is 6.08. The lowest BCUT2D eigenvalue weighted by Gasteiger charge is -2.07. The van der Waals surface area contributed by atoms with Crippen molar-refractivity contribution in [2.45, 2.75) is 12.8 Å². The average Bonchev–Trinajstić information content (AvgIpc) is 2.43. The number of esters is 1. The van der Waals surface area contributed by atoms with Gasteiger partial charge in [0.1, 0.15) is 5.75 Å². The highest BCUT2D eigenvalue weighted by Crippen LogP contribution is 2.24. The lowest BCUT2D eigenvalue weighted by molar-refractivity contribution is -0.140. The molecular formula is C15H15BrO3. The predicted octanol–water partition coefficient (Wildman–Crippen LogP) is 3.93. The number of rotatable bonds is 5. The summed E-state index contributed by atoms with van der Waals surface area (Å²) in [4.78, 5) is 10.9. The van der Waals surface area contributed by atoms with Gasteiger partial charge in [-0.15, -0.1) is 0 Å². The Hall–Kier alpha value is -1.55. The van der Waals surface area contributed by atoms with E-state index in [1.165, 1.54) is 7.11 Å². The van der Waals surface area contributed by atoms with E-state index in [4.69, 9.17) is 4.74 Å². The second-order valence-corrected chi connectivity index (χ2v) is 5.10. The van der Waals surface area contributed by atoms with Crippen molar-refractivity contribution in [2.24, 2.45) is 0 Å². The van der Waals surface area contributed by atoms with Crippen molar-refractivity contribution in [2.75, 3.05) is 13.7 Å². The van der Waals surface area contributed by atoms with E-state index in [0.717, 1.165) is 21.0 Å². The summed E-state index contributed by atoms with van der Waals surface area (Å²) in [6.45, 7) is 0.511. The second-order valence-electron chi connectivity index (χ2n) is 4.18. The summed E-state index contributed by atoms with van der Waals surface area (Å²) in [6.07, 6.45) is 1.04. The topological polar surface area (TPSA) is 35.5 Å². The number of carbonyl (C=O) groups is 1. The maximum absolute atomic E-state index is 10.9. The number of hydrogen-bond acceptors (Lipinski definition) is 3. The SMILES string of the molecule is COC(=O)CCCOc1ccc2cc(Br)ccc2c1. The van der Waals surface area contributed by atoms with E-state index in [2.05, 4.69) is 26.7 Å². The number of methoxy groups -OCH3 is 1. The third-order valence-electron chi connectivity index (χ3n) is 2.80. The van der Waals surface area contributed by atoms with Crippen molar-refractivity contribution in [1.29, 1.82) is 0 Å². The fourth-order valence-electron chi connectivity index (χ4n) is 1.79. The number of ether oxygens (including phenoxy) is 2. The fraction of sp³-hybridized carbons (Fsp3) is 0.267. The third-order valence-corrected chi connectivity index (χ3v) is 3.29. The Bertz CT molecular complexity index is 581. The lowest BCUT2D eigenvalue weighted by Crippen LogP contribution is -2.04. The molecule has 0 radical (unpaired) electrons. The smallest absolute Gasteiger partial charge is 0.305 e. The van der Waals surface area contributed by atoms with Gasteiger partial charge in [0, 0.05) is 10.9 Å². The van der Waals surface area contributed by atoms with Crippen molar-refractivity contribution in [3.05, 3.63) is 40.9 Å². The summed E-state index contributed by atoms with van der Waals surface area (Å²) >= 11 is 3.45. The molecule has 2 aromatic rings. The molecule has 100 valence electrons. The van der Waals surface area contributed by atoms with Gasteiger partial charge >= 0.3 is 5.97 Å². The molecule has 0 bridgehead atoms. The molecule has 0 aromatic heterocycles. The van der Waals surface area contributed by atoms with Gasteiger partial charge in [-0.1, -0.05) is 28.1 Å². The summed E-state index contributed by atoms with van der Waals surface area (Å²) in [5, 5.41) is 2.30. The highest BCUT2D eigenvalue weighted by molar-refractivity contribution is 9.10. The largest absolute Gasteiger partial charge is 0.494 e. The minimum Gasteiger partial charge on any atom is -0.494 e. The Labute approximate surface area is 120 Å². The molecule has 2 aromatic carbocycles. The predicted molar refractivity (Wildman–Crippen MR) is 78.4 cm³/mol. The van der Waals surface area contributed by atoms with Crippen molar-refractivity contribution in [1.82, 2.24) is 0 Å². The standard InChI is InChI=1S/C15H15BrO3/c1-18-15(17)3-2-8-19-14-7-5-11-9-13(16)6-4-12(11)10-14/h4-7,9-10H,2-3,8H2,1H3. The van der Waals surface area contributed by atoms with Crippen LogP contribution in [0.2, 0.25) is 0 Å². The van der Waals surface area contributed by atoms with Gasteiger partial charge in [-0.2, -0.15) is 0 Å². The first-order valence-corrected chi connectivity index (χ1v) is 6.87. The number of carbonyl (C=O) groups excluding carboxylic acids is 1. The van der Waals surface area contributed by atoms with Gasteiger partial charge in [0.25, 0.3) is 0 Å². The van der Waals surface area contributed by atoms with Gasteiger partial charge < -0.3 is 9.47 Å². The summed E-state index contributed by atoms with van der Waals surface area (Å²) < 4.78 is 11.3. The quantitative estimate of drug-likeness (QED) is 0.618. The first kappa shape index (κ1) is 13.9. The first-order chi connectivity index (χ1) is 9.19. The zero-order valence-corrected chi connectivity index (χ0v) is 12.3. The molecule has 0 saturated carbocycles. The maximum atomic E-state index is 10.9. The molecule has 0 spiro atoms. The van der Waals surface area contributed by atoms with E-state index in [1.54, 1.807) is 0 Å². The molecule has 4 heteroatoms. The Morgan fingerprint density at radius 2 is 1.89 bits per heavy atom. The van der Waals surface area contributed by atoms with Crippen LogP contribution in [0.1, 0.15) is 12.8 Å². The van der Waals surface area contributed by atoms with Gasteiger partial charge in [-0.3, -0.25) is 4.79 Å². The van der Waals surface area contributed by atoms with Crippen LogP contribution >= 0.6 is 15.9 Å². The highest BCUT2D eigenvalue weighted by Gasteiger charge is 2.01. The Balaban J connectivity index is 1.94. The van der Waals surface area contributed by atoms with E-state index >= 15 is 0 Å². The molecule has 3 nitrogen and oxygen atoms in total. The van der Waals surface area contributed by atoms with Crippen LogP contribution in [0.4, 0.5) is 0 Å². The number of halogens is 1. The maximum Gasteiger partial charge on any atom is 0.305 e. The molecule has 0 amide bonds. The summed E-state index contributed by atoms with van der Waals surface area (Å²) in [7, 11) is 1.39. The molecule has 0 fully saturated rings. The molecule has 0 heterocycles. The van der Waals surface area contributed by atoms with Crippen LogP contribution in [0.25, 0.3) is 10.8 Å². The van der Waals surface area contributed by atoms with Crippen molar-refractivity contribution < 1.29 is 14.3 Å². The van der Waals surface area contributed by atoms with Crippen LogP contribution in [-0.2, 0) is 9.53 Å². The van der Waals surface area contributed by atoms with Crippen LogP contribution in [0.5, 0.6) is 5.75 Å². The fourth-order valence-corrected chi connectivity index (χ4v) is 2.17. The molecule has 0 saturated heterocycles.